The normalized spacial score (nSPS) is 20.0. The molecule has 2 N–H and O–H groups in total. The molecule has 0 bridgehead atoms. The van der Waals surface area contributed by atoms with Gasteiger partial charge in [0.1, 0.15) is 11.9 Å². The van der Waals surface area contributed by atoms with Crippen molar-refractivity contribution >= 4 is 11.6 Å². The molecule has 0 saturated carbocycles. The van der Waals surface area contributed by atoms with Crippen LogP contribution in [0.1, 0.15) is 5.56 Å². The lowest BCUT2D eigenvalue weighted by Crippen LogP contribution is -2.45. The van der Waals surface area contributed by atoms with Crippen molar-refractivity contribution in [2.45, 2.75) is 13.0 Å². The highest BCUT2D eigenvalue weighted by Crippen LogP contribution is 2.15. The van der Waals surface area contributed by atoms with E-state index >= 15 is 0 Å². The zero-order valence-electron chi connectivity index (χ0n) is 9.63. The number of anilines is 1. The Kier molecular flexibility index (Phi) is 3.71. The first kappa shape index (κ1) is 12.0. The second-order valence-corrected chi connectivity index (χ2v) is 4.04. The van der Waals surface area contributed by atoms with Crippen LogP contribution in [-0.2, 0) is 9.53 Å². The molecule has 4 nitrogen and oxygen atoms in total. The number of hydrogen-bond donors (Lipinski definition) is 2. The van der Waals surface area contributed by atoms with Crippen molar-refractivity contribution < 1.29 is 13.9 Å². The highest BCUT2D eigenvalue weighted by atomic mass is 19.1. The summed E-state index contributed by atoms with van der Waals surface area (Å²) in [6, 6.07) is 4.69. The SMILES string of the molecule is Cc1ccc(NC(=O)C2CNCCO2)c(F)c1. The summed E-state index contributed by atoms with van der Waals surface area (Å²) in [5.41, 5.74) is 1.01. The van der Waals surface area contributed by atoms with Crippen LogP contribution in [0.5, 0.6) is 0 Å². The van der Waals surface area contributed by atoms with Crippen molar-refractivity contribution in [3.8, 4) is 0 Å². The average molecular weight is 238 g/mol. The number of morpholine rings is 1. The minimum atomic E-state index is -0.551. The lowest BCUT2D eigenvalue weighted by Gasteiger charge is -2.22. The smallest absolute Gasteiger partial charge is 0.254 e. The summed E-state index contributed by atoms with van der Waals surface area (Å²) in [6.07, 6.45) is -0.551. The van der Waals surface area contributed by atoms with Crippen molar-refractivity contribution in [2.24, 2.45) is 0 Å². The summed E-state index contributed by atoms with van der Waals surface area (Å²) in [5.74, 6) is -0.748. The number of ether oxygens (including phenoxy) is 1. The van der Waals surface area contributed by atoms with E-state index in [1.165, 1.54) is 6.07 Å². The standard InChI is InChI=1S/C12H15FN2O2/c1-8-2-3-10(9(13)6-8)15-12(16)11-7-14-4-5-17-11/h2-3,6,11,14H,4-5,7H2,1H3,(H,15,16). The van der Waals surface area contributed by atoms with E-state index in [2.05, 4.69) is 10.6 Å². The van der Waals surface area contributed by atoms with E-state index in [-0.39, 0.29) is 11.6 Å². The predicted molar refractivity (Wildman–Crippen MR) is 62.4 cm³/mol. The molecule has 0 aromatic heterocycles. The van der Waals surface area contributed by atoms with Gasteiger partial charge in [-0.2, -0.15) is 0 Å². The van der Waals surface area contributed by atoms with Crippen LogP contribution in [0.3, 0.4) is 0 Å². The molecule has 0 aliphatic carbocycles. The Balaban J connectivity index is 2.02. The van der Waals surface area contributed by atoms with E-state index in [1.54, 1.807) is 19.1 Å². The topological polar surface area (TPSA) is 50.4 Å². The number of rotatable bonds is 2. The van der Waals surface area contributed by atoms with Gasteiger partial charge in [-0.25, -0.2) is 4.39 Å². The number of hydrogen-bond acceptors (Lipinski definition) is 3. The van der Waals surface area contributed by atoms with Gasteiger partial charge < -0.3 is 15.4 Å². The van der Waals surface area contributed by atoms with Gasteiger partial charge in [0.05, 0.1) is 12.3 Å². The molecule has 1 unspecified atom stereocenters. The zero-order chi connectivity index (χ0) is 12.3. The maximum Gasteiger partial charge on any atom is 0.254 e. The summed E-state index contributed by atoms with van der Waals surface area (Å²) in [7, 11) is 0. The molecule has 1 amide bonds. The molecule has 1 aromatic rings. The molecular formula is C12H15FN2O2. The number of nitrogens with one attached hydrogen (secondary N) is 2. The molecule has 2 rings (SSSR count). The summed E-state index contributed by atoms with van der Waals surface area (Å²) >= 11 is 0. The molecule has 1 fully saturated rings. The van der Waals surface area contributed by atoms with Gasteiger partial charge in [0.25, 0.3) is 5.91 Å². The molecule has 1 atom stereocenters. The van der Waals surface area contributed by atoms with Crippen LogP contribution in [0.25, 0.3) is 0 Å². The van der Waals surface area contributed by atoms with Crippen LogP contribution >= 0.6 is 0 Å². The fourth-order valence-electron chi connectivity index (χ4n) is 1.67. The minimum Gasteiger partial charge on any atom is -0.366 e. The van der Waals surface area contributed by atoms with Crippen molar-refractivity contribution in [1.82, 2.24) is 5.32 Å². The first-order valence-electron chi connectivity index (χ1n) is 5.56. The molecule has 1 aliphatic heterocycles. The van der Waals surface area contributed by atoms with Gasteiger partial charge >= 0.3 is 0 Å². The predicted octanol–water partition coefficient (Wildman–Crippen LogP) is 1.06. The number of benzene rings is 1. The number of carbonyl (C=O) groups is 1. The molecule has 1 aliphatic rings. The second kappa shape index (κ2) is 5.25. The monoisotopic (exact) mass is 238 g/mol. The van der Waals surface area contributed by atoms with Gasteiger partial charge in [-0.1, -0.05) is 6.07 Å². The largest absolute Gasteiger partial charge is 0.366 e. The highest BCUT2D eigenvalue weighted by Gasteiger charge is 2.22. The van der Waals surface area contributed by atoms with Gasteiger partial charge in [0, 0.05) is 13.1 Å². The van der Waals surface area contributed by atoms with Crippen molar-refractivity contribution in [1.29, 1.82) is 0 Å². The van der Waals surface area contributed by atoms with Crippen LogP contribution < -0.4 is 10.6 Å². The Hall–Kier alpha value is -1.46. The van der Waals surface area contributed by atoms with Gasteiger partial charge in [0.2, 0.25) is 0 Å². The molecule has 5 heteroatoms. The minimum absolute atomic E-state index is 0.190. The Bertz CT molecular complexity index is 417. The van der Waals surface area contributed by atoms with Crippen LogP contribution in [-0.4, -0.2) is 31.7 Å². The third-order valence-corrected chi connectivity index (χ3v) is 2.60. The van der Waals surface area contributed by atoms with E-state index in [1.807, 2.05) is 0 Å². The average Bonchev–Trinajstić information content (AvgIpc) is 2.34. The fraction of sp³-hybridized carbons (Fsp3) is 0.417. The lowest BCUT2D eigenvalue weighted by molar-refractivity contribution is -0.128. The second-order valence-electron chi connectivity index (χ2n) is 4.04. The molecule has 1 aromatic carbocycles. The summed E-state index contributed by atoms with van der Waals surface area (Å²) in [6.45, 7) is 3.49. The zero-order valence-corrected chi connectivity index (χ0v) is 9.63. The van der Waals surface area contributed by atoms with E-state index in [4.69, 9.17) is 4.74 Å². The van der Waals surface area contributed by atoms with E-state index in [9.17, 15) is 9.18 Å². The maximum atomic E-state index is 13.5. The van der Waals surface area contributed by atoms with Crippen LogP contribution in [0.15, 0.2) is 18.2 Å². The molecule has 0 radical (unpaired) electrons. The lowest BCUT2D eigenvalue weighted by atomic mass is 10.2. The maximum absolute atomic E-state index is 13.5. The number of amides is 1. The summed E-state index contributed by atoms with van der Waals surface area (Å²) in [4.78, 5) is 11.8. The van der Waals surface area contributed by atoms with Gasteiger partial charge in [-0.15, -0.1) is 0 Å². The molecular weight excluding hydrogens is 223 g/mol. The number of carbonyl (C=O) groups excluding carboxylic acids is 1. The van der Waals surface area contributed by atoms with E-state index < -0.39 is 11.9 Å². The number of aryl methyl sites for hydroxylation is 1. The highest BCUT2D eigenvalue weighted by molar-refractivity contribution is 5.94. The van der Waals surface area contributed by atoms with E-state index in [0.717, 1.165) is 12.1 Å². The molecule has 0 spiro atoms. The Morgan fingerprint density at radius 3 is 3.06 bits per heavy atom. The van der Waals surface area contributed by atoms with Crippen molar-refractivity contribution in [2.75, 3.05) is 25.0 Å². The van der Waals surface area contributed by atoms with Crippen molar-refractivity contribution in [3.63, 3.8) is 0 Å². The third kappa shape index (κ3) is 3.01. The number of halogens is 1. The Morgan fingerprint density at radius 2 is 2.41 bits per heavy atom. The van der Waals surface area contributed by atoms with Gasteiger partial charge in [-0.3, -0.25) is 4.79 Å². The summed E-state index contributed by atoms with van der Waals surface area (Å²) < 4.78 is 18.8. The molecule has 1 heterocycles. The molecule has 92 valence electrons. The van der Waals surface area contributed by atoms with Gasteiger partial charge in [-0.05, 0) is 24.6 Å². The van der Waals surface area contributed by atoms with Crippen LogP contribution in [0.2, 0.25) is 0 Å². The Labute approximate surface area is 99.2 Å². The summed E-state index contributed by atoms with van der Waals surface area (Å²) in [5, 5.41) is 5.57. The fourth-order valence-corrected chi connectivity index (χ4v) is 1.67. The molecule has 1 saturated heterocycles. The third-order valence-electron chi connectivity index (χ3n) is 2.60. The first-order chi connectivity index (χ1) is 8.16. The van der Waals surface area contributed by atoms with Crippen molar-refractivity contribution in [3.05, 3.63) is 29.6 Å². The van der Waals surface area contributed by atoms with Gasteiger partial charge in [0.15, 0.2) is 0 Å². The van der Waals surface area contributed by atoms with E-state index in [0.29, 0.717) is 13.2 Å². The Morgan fingerprint density at radius 1 is 1.59 bits per heavy atom. The quantitative estimate of drug-likeness (QED) is 0.810. The molecule has 17 heavy (non-hydrogen) atoms. The first-order valence-corrected chi connectivity index (χ1v) is 5.56. The van der Waals surface area contributed by atoms with Crippen LogP contribution in [0.4, 0.5) is 10.1 Å². The van der Waals surface area contributed by atoms with Crippen LogP contribution in [0, 0.1) is 12.7 Å².